The Balaban J connectivity index is 0.00000225. The normalized spacial score (nSPS) is 9.97. The van der Waals surface area contributed by atoms with Crippen LogP contribution in [0.3, 0.4) is 0 Å². The fraction of sp³-hybridized carbons (Fsp3) is 0.148. The van der Waals surface area contributed by atoms with E-state index in [9.17, 15) is 0 Å². The van der Waals surface area contributed by atoms with Gasteiger partial charge in [-0.3, -0.25) is 0 Å². The van der Waals surface area contributed by atoms with Gasteiger partial charge >= 0.3 is 21.7 Å². The van der Waals surface area contributed by atoms with Crippen LogP contribution in [0.5, 0.6) is 0 Å². The molecule has 4 aromatic carbocycles. The van der Waals surface area contributed by atoms with E-state index in [0.717, 1.165) is 6.42 Å². The van der Waals surface area contributed by atoms with E-state index in [4.69, 9.17) is 0 Å². The van der Waals surface area contributed by atoms with E-state index in [1.807, 2.05) is 0 Å². The number of aryl methyl sites for hydroxylation is 1. The predicted molar refractivity (Wildman–Crippen MR) is 114 cm³/mol. The Hall–Kier alpha value is -1.41. The van der Waals surface area contributed by atoms with Gasteiger partial charge in [-0.2, -0.15) is 17.7 Å². The van der Waals surface area contributed by atoms with Gasteiger partial charge in [0, 0.05) is 5.41 Å². The summed E-state index contributed by atoms with van der Waals surface area (Å²) in [5, 5.41) is 0. The third-order valence-electron chi connectivity index (χ3n) is 5.41. The molecule has 4 aromatic rings. The van der Waals surface area contributed by atoms with Crippen LogP contribution in [0, 0.1) is 0 Å². The van der Waals surface area contributed by atoms with Crippen LogP contribution in [-0.4, -0.2) is 0 Å². The number of rotatable bonds is 6. The molecule has 0 nitrogen and oxygen atoms in total. The minimum Gasteiger partial charge on any atom is -1.00 e. The summed E-state index contributed by atoms with van der Waals surface area (Å²) in [6.07, 6.45) is 2.28. The summed E-state index contributed by atoms with van der Waals surface area (Å²) in [5.74, 6) is 0. The van der Waals surface area contributed by atoms with E-state index in [0.29, 0.717) is 0 Å². The molecule has 4 heteroatoms. The third kappa shape index (κ3) is 5.89. The van der Waals surface area contributed by atoms with Crippen LogP contribution in [0.15, 0.2) is 109 Å². The molecule has 0 N–H and O–H groups in total. The summed E-state index contributed by atoms with van der Waals surface area (Å²) < 4.78 is 0. The van der Waals surface area contributed by atoms with Crippen LogP contribution in [0.1, 0.15) is 41.2 Å². The summed E-state index contributed by atoms with van der Waals surface area (Å²) >= 11 is 0. The molecule has 0 atom stereocenters. The van der Waals surface area contributed by atoms with Crippen molar-refractivity contribution in [1.82, 2.24) is 0 Å². The largest absolute Gasteiger partial charge is 4.00 e. The number of benzene rings is 3. The molecule has 0 aliphatic carbocycles. The van der Waals surface area contributed by atoms with Crippen molar-refractivity contribution >= 4 is 0 Å². The van der Waals surface area contributed by atoms with E-state index in [2.05, 4.69) is 116 Å². The molecule has 0 aromatic heterocycles. The van der Waals surface area contributed by atoms with Gasteiger partial charge in [-0.15, -0.1) is 5.56 Å². The van der Waals surface area contributed by atoms with Gasteiger partial charge in [0.1, 0.15) is 0 Å². The molecule has 4 rings (SSSR count). The van der Waals surface area contributed by atoms with Crippen LogP contribution in [0.4, 0.5) is 0 Å². The van der Waals surface area contributed by atoms with Gasteiger partial charge in [-0.05, 0) is 16.7 Å². The summed E-state index contributed by atoms with van der Waals surface area (Å²) in [6.45, 7) is 2.24. The zero-order valence-electron chi connectivity index (χ0n) is 17.4. The standard InChI is InChI=1S/C27H25.3ClH.Ti/c1-2-12-22-19-20-26(21-22)27(23-13-6-3-7-14-23,24-15-8-4-9-16-24)25-17-10-5-11-18-25;;;;/h3-11,13-21H,2,12H2,1H3;3*1H;/q-1;;;;+4/p-3. The average molecular weight is 504 g/mol. The molecule has 0 amide bonds. The Morgan fingerprint density at radius 3 is 1.35 bits per heavy atom. The summed E-state index contributed by atoms with van der Waals surface area (Å²) in [7, 11) is 0. The molecule has 0 saturated heterocycles. The van der Waals surface area contributed by atoms with E-state index in [1.54, 1.807) is 0 Å². The molecule has 0 unspecified atom stereocenters. The second-order valence-corrected chi connectivity index (χ2v) is 7.11. The first kappa shape index (κ1) is 29.6. The molecular weight excluding hydrogens is 479 g/mol. The molecule has 0 spiro atoms. The zero-order valence-corrected chi connectivity index (χ0v) is 21.3. The minimum atomic E-state index is -0.310. The van der Waals surface area contributed by atoms with E-state index in [-0.39, 0.29) is 64.4 Å². The molecule has 158 valence electrons. The molecule has 0 heterocycles. The third-order valence-corrected chi connectivity index (χ3v) is 5.41. The predicted octanol–water partition coefficient (Wildman–Crippen LogP) is -2.25. The van der Waals surface area contributed by atoms with Gasteiger partial charge in [0.05, 0.1) is 0 Å². The Kier molecular flexibility index (Phi) is 13.3. The quantitative estimate of drug-likeness (QED) is 0.159. The first-order chi connectivity index (χ1) is 13.4. The fourth-order valence-corrected chi connectivity index (χ4v) is 4.23. The second kappa shape index (κ2) is 13.9. The van der Waals surface area contributed by atoms with Crippen LogP contribution in [0.25, 0.3) is 0 Å². The van der Waals surface area contributed by atoms with E-state index in [1.165, 1.54) is 34.2 Å². The summed E-state index contributed by atoms with van der Waals surface area (Å²) in [4.78, 5) is 0. The van der Waals surface area contributed by atoms with Gasteiger partial charge in [0.25, 0.3) is 0 Å². The zero-order chi connectivity index (χ0) is 18.5. The van der Waals surface area contributed by atoms with Crippen LogP contribution < -0.4 is 37.2 Å². The molecule has 0 radical (unpaired) electrons. The molecule has 0 aliphatic rings. The maximum absolute atomic E-state index is 2.40. The molecule has 0 aliphatic heterocycles. The monoisotopic (exact) mass is 502 g/mol. The Bertz CT molecular complexity index is 886. The second-order valence-electron chi connectivity index (χ2n) is 7.11. The van der Waals surface area contributed by atoms with Crippen molar-refractivity contribution in [3.8, 4) is 0 Å². The first-order valence-electron chi connectivity index (χ1n) is 9.78. The van der Waals surface area contributed by atoms with Crippen LogP contribution in [0.2, 0.25) is 0 Å². The average Bonchev–Trinajstić information content (AvgIpc) is 3.20. The SMILES string of the molecule is CCCc1cc[c-](C(c2ccccc2)(c2ccccc2)c2ccccc2)c1.[Cl-].[Cl-].[Cl-].[Ti+4]. The van der Waals surface area contributed by atoms with Crippen LogP contribution in [-0.2, 0) is 33.6 Å². The number of hydrogen-bond donors (Lipinski definition) is 0. The van der Waals surface area contributed by atoms with Crippen molar-refractivity contribution in [2.75, 3.05) is 0 Å². The van der Waals surface area contributed by atoms with Crippen LogP contribution >= 0.6 is 0 Å². The van der Waals surface area contributed by atoms with Crippen molar-refractivity contribution < 1.29 is 58.9 Å². The number of hydrogen-bond acceptors (Lipinski definition) is 0. The smallest absolute Gasteiger partial charge is 1.00 e. The Labute approximate surface area is 220 Å². The molecule has 31 heavy (non-hydrogen) atoms. The minimum absolute atomic E-state index is 0. The van der Waals surface area contributed by atoms with Crippen molar-refractivity contribution in [3.05, 3.63) is 137 Å². The van der Waals surface area contributed by atoms with Crippen molar-refractivity contribution in [3.63, 3.8) is 0 Å². The van der Waals surface area contributed by atoms with Crippen molar-refractivity contribution in [2.24, 2.45) is 0 Å². The van der Waals surface area contributed by atoms with Gasteiger partial charge in [-0.1, -0.05) is 111 Å². The summed E-state index contributed by atoms with van der Waals surface area (Å²) in [5.41, 5.74) is 6.35. The Morgan fingerprint density at radius 2 is 1.00 bits per heavy atom. The molecular formula is C27H25Cl3Ti. The number of halogens is 3. The molecule has 0 bridgehead atoms. The summed E-state index contributed by atoms with van der Waals surface area (Å²) in [6, 6.07) is 39.7. The van der Waals surface area contributed by atoms with Gasteiger partial charge in [0.2, 0.25) is 0 Å². The van der Waals surface area contributed by atoms with Crippen molar-refractivity contribution in [1.29, 1.82) is 0 Å². The van der Waals surface area contributed by atoms with E-state index < -0.39 is 0 Å². The van der Waals surface area contributed by atoms with Crippen molar-refractivity contribution in [2.45, 2.75) is 25.2 Å². The maximum atomic E-state index is 2.40. The topological polar surface area (TPSA) is 0 Å². The molecule has 0 fully saturated rings. The first-order valence-corrected chi connectivity index (χ1v) is 9.78. The van der Waals surface area contributed by atoms with Gasteiger partial charge < -0.3 is 37.2 Å². The Morgan fingerprint density at radius 1 is 0.613 bits per heavy atom. The van der Waals surface area contributed by atoms with E-state index >= 15 is 0 Å². The maximum Gasteiger partial charge on any atom is 4.00 e. The van der Waals surface area contributed by atoms with Gasteiger partial charge in [0.15, 0.2) is 0 Å². The van der Waals surface area contributed by atoms with Gasteiger partial charge in [-0.25, -0.2) is 6.07 Å². The molecule has 0 saturated carbocycles. The fourth-order valence-electron chi connectivity index (χ4n) is 4.23.